The minimum absolute atomic E-state index is 0.126. The lowest BCUT2D eigenvalue weighted by Gasteiger charge is -2.55. The van der Waals surface area contributed by atoms with Crippen molar-refractivity contribution in [3.63, 3.8) is 0 Å². The molecule has 0 spiro atoms. The number of hydrogen-bond donors (Lipinski definition) is 0. The van der Waals surface area contributed by atoms with Gasteiger partial charge in [0.15, 0.2) is 23.1 Å². The standard InChI is InChI=1S/C27H31F2N4O3/c1-26(2,3)27(15-18-12-23-24(16-30-18)36-11-10-35-23)6-4-5-7-32(27)8-9-33-22-14-20(29)19(28)13-21(22)31-17-25(33)34/h4,12-14,16-17H,5-11,15H2,1-3H3. The van der Waals surface area contributed by atoms with Gasteiger partial charge in [0, 0.05) is 48.9 Å². The molecule has 9 heteroatoms. The summed E-state index contributed by atoms with van der Waals surface area (Å²) in [6, 6.07) is 4.05. The second kappa shape index (κ2) is 9.42. The van der Waals surface area contributed by atoms with Crippen LogP contribution >= 0.6 is 0 Å². The van der Waals surface area contributed by atoms with Crippen molar-refractivity contribution in [2.24, 2.45) is 5.41 Å². The SMILES string of the molecule is CC(C)(C)C1(Cc2cc3c(cn2)OCCO3)C[CH]CCN1CCn1c(=O)cnc2cc(F)c(F)cc21. The number of nitrogens with zero attached hydrogens (tertiary/aromatic N) is 4. The number of ether oxygens (including phenoxy) is 2. The number of halogens is 2. The Hall–Kier alpha value is -3.07. The molecule has 0 saturated carbocycles. The van der Waals surface area contributed by atoms with Crippen LogP contribution in [0.2, 0.25) is 0 Å². The molecule has 1 radical (unpaired) electrons. The Kier molecular flexibility index (Phi) is 6.44. The second-order valence-electron chi connectivity index (χ2n) is 10.5. The fourth-order valence-corrected chi connectivity index (χ4v) is 5.48. The van der Waals surface area contributed by atoms with E-state index in [0.29, 0.717) is 49.7 Å². The average Bonchev–Trinajstić information content (AvgIpc) is 2.84. The van der Waals surface area contributed by atoms with Crippen molar-refractivity contribution in [2.45, 2.75) is 52.1 Å². The zero-order chi connectivity index (χ0) is 25.5. The van der Waals surface area contributed by atoms with Crippen molar-refractivity contribution in [1.29, 1.82) is 0 Å². The molecule has 0 N–H and O–H groups in total. The van der Waals surface area contributed by atoms with Gasteiger partial charge < -0.3 is 14.0 Å². The maximum atomic E-state index is 14.0. The van der Waals surface area contributed by atoms with E-state index in [1.165, 1.54) is 10.8 Å². The minimum Gasteiger partial charge on any atom is -0.486 e. The van der Waals surface area contributed by atoms with E-state index >= 15 is 0 Å². The smallest absolute Gasteiger partial charge is 0.269 e. The Labute approximate surface area is 209 Å². The third kappa shape index (κ3) is 4.45. The fraction of sp³-hybridized carbons (Fsp3) is 0.481. The first-order chi connectivity index (χ1) is 17.2. The molecule has 0 amide bonds. The van der Waals surface area contributed by atoms with E-state index in [1.54, 1.807) is 6.20 Å². The van der Waals surface area contributed by atoms with Gasteiger partial charge in [-0.15, -0.1) is 0 Å². The molecule has 2 aliphatic heterocycles. The largest absolute Gasteiger partial charge is 0.486 e. The van der Waals surface area contributed by atoms with Gasteiger partial charge >= 0.3 is 0 Å². The summed E-state index contributed by atoms with van der Waals surface area (Å²) in [6.45, 7) is 9.42. The predicted octanol–water partition coefficient (Wildman–Crippen LogP) is 4.17. The van der Waals surface area contributed by atoms with E-state index in [-0.39, 0.29) is 22.0 Å². The molecule has 1 saturated heterocycles. The quantitative estimate of drug-likeness (QED) is 0.527. The number of rotatable bonds is 5. The number of benzene rings is 1. The highest BCUT2D eigenvalue weighted by molar-refractivity contribution is 5.74. The lowest BCUT2D eigenvalue weighted by Crippen LogP contribution is -2.61. The highest BCUT2D eigenvalue weighted by atomic mass is 19.2. The van der Waals surface area contributed by atoms with Crippen LogP contribution in [0.25, 0.3) is 11.0 Å². The predicted molar refractivity (Wildman–Crippen MR) is 132 cm³/mol. The molecule has 7 nitrogen and oxygen atoms in total. The Balaban J connectivity index is 1.47. The average molecular weight is 498 g/mol. The van der Waals surface area contributed by atoms with Crippen molar-refractivity contribution in [3.05, 3.63) is 64.7 Å². The summed E-state index contributed by atoms with van der Waals surface area (Å²) in [5.74, 6) is -0.601. The van der Waals surface area contributed by atoms with Crippen molar-refractivity contribution in [2.75, 3.05) is 26.3 Å². The van der Waals surface area contributed by atoms with Crippen molar-refractivity contribution in [1.82, 2.24) is 19.4 Å². The summed E-state index contributed by atoms with van der Waals surface area (Å²) in [6.07, 6.45) is 7.70. The zero-order valence-electron chi connectivity index (χ0n) is 20.9. The highest BCUT2D eigenvalue weighted by Crippen LogP contribution is 2.45. The fourth-order valence-electron chi connectivity index (χ4n) is 5.48. The molecule has 191 valence electrons. The van der Waals surface area contributed by atoms with Crippen LogP contribution < -0.4 is 15.0 Å². The van der Waals surface area contributed by atoms with Gasteiger partial charge in [-0.3, -0.25) is 14.7 Å². The molecule has 0 aliphatic carbocycles. The topological polar surface area (TPSA) is 69.5 Å². The van der Waals surface area contributed by atoms with Crippen molar-refractivity contribution < 1.29 is 18.3 Å². The third-order valence-corrected chi connectivity index (χ3v) is 7.53. The van der Waals surface area contributed by atoms with Gasteiger partial charge in [0.2, 0.25) is 0 Å². The van der Waals surface area contributed by atoms with E-state index < -0.39 is 11.6 Å². The minimum atomic E-state index is -0.995. The Morgan fingerprint density at radius 2 is 1.75 bits per heavy atom. The molecule has 1 atom stereocenters. The highest BCUT2D eigenvalue weighted by Gasteiger charge is 2.48. The molecule has 5 rings (SSSR count). The van der Waals surface area contributed by atoms with Gasteiger partial charge in [0.1, 0.15) is 13.2 Å². The first-order valence-corrected chi connectivity index (χ1v) is 12.3. The number of aromatic nitrogens is 3. The van der Waals surface area contributed by atoms with Crippen molar-refractivity contribution in [3.8, 4) is 11.5 Å². The number of pyridine rings is 1. The van der Waals surface area contributed by atoms with Crippen LogP contribution in [0.15, 0.2) is 35.4 Å². The Morgan fingerprint density at radius 1 is 1.00 bits per heavy atom. The molecule has 4 heterocycles. The van der Waals surface area contributed by atoms with Crippen LogP contribution in [0.4, 0.5) is 8.78 Å². The second-order valence-corrected chi connectivity index (χ2v) is 10.5. The maximum Gasteiger partial charge on any atom is 0.269 e. The molecule has 36 heavy (non-hydrogen) atoms. The first-order valence-electron chi connectivity index (χ1n) is 12.3. The van der Waals surface area contributed by atoms with Crippen LogP contribution in [0.5, 0.6) is 11.5 Å². The maximum absolute atomic E-state index is 14.0. The Morgan fingerprint density at radius 3 is 2.53 bits per heavy atom. The Bertz CT molecular complexity index is 1340. The molecule has 2 aromatic heterocycles. The van der Waals surface area contributed by atoms with E-state index in [2.05, 4.69) is 42.1 Å². The molecule has 1 fully saturated rings. The number of hydrogen-bond acceptors (Lipinski definition) is 6. The van der Waals surface area contributed by atoms with E-state index in [1.807, 2.05) is 6.07 Å². The van der Waals surface area contributed by atoms with Crippen LogP contribution in [0, 0.1) is 23.5 Å². The summed E-state index contributed by atoms with van der Waals surface area (Å²) in [5, 5.41) is 0. The van der Waals surface area contributed by atoms with E-state index in [4.69, 9.17) is 9.47 Å². The lowest BCUT2D eigenvalue weighted by molar-refractivity contribution is -0.0270. The van der Waals surface area contributed by atoms with Crippen LogP contribution in [0.3, 0.4) is 0 Å². The van der Waals surface area contributed by atoms with Gasteiger partial charge in [-0.25, -0.2) is 13.8 Å². The van der Waals surface area contributed by atoms with Crippen molar-refractivity contribution >= 4 is 11.0 Å². The number of piperidine rings is 1. The van der Waals surface area contributed by atoms with Crippen LogP contribution in [0.1, 0.15) is 39.3 Å². The number of likely N-dealkylation sites (tertiary alicyclic amines) is 1. The van der Waals surface area contributed by atoms with E-state index in [0.717, 1.165) is 37.2 Å². The van der Waals surface area contributed by atoms with Gasteiger partial charge in [0.25, 0.3) is 5.56 Å². The van der Waals surface area contributed by atoms with Crippen LogP contribution in [-0.4, -0.2) is 51.3 Å². The van der Waals surface area contributed by atoms with Gasteiger partial charge in [0.05, 0.1) is 23.4 Å². The summed E-state index contributed by atoms with van der Waals surface area (Å²) in [7, 11) is 0. The monoisotopic (exact) mass is 497 g/mol. The van der Waals surface area contributed by atoms with Crippen LogP contribution in [-0.2, 0) is 13.0 Å². The molecule has 0 bridgehead atoms. The molecule has 2 aliphatic rings. The summed E-state index contributed by atoms with van der Waals surface area (Å²) < 4.78 is 40.7. The van der Waals surface area contributed by atoms with E-state index in [9.17, 15) is 13.6 Å². The normalized spacial score (nSPS) is 20.6. The summed E-state index contributed by atoms with van der Waals surface area (Å²) in [5.41, 5.74) is 0.721. The molecular weight excluding hydrogens is 466 g/mol. The molecule has 3 aromatic rings. The first kappa shape index (κ1) is 24.6. The number of fused-ring (bicyclic) bond motifs is 2. The lowest BCUT2D eigenvalue weighted by atomic mass is 9.65. The molecule has 1 unspecified atom stereocenters. The van der Waals surface area contributed by atoms with Gasteiger partial charge in [-0.2, -0.15) is 0 Å². The summed E-state index contributed by atoms with van der Waals surface area (Å²) in [4.78, 5) is 23.8. The third-order valence-electron chi connectivity index (χ3n) is 7.53. The van der Waals surface area contributed by atoms with Gasteiger partial charge in [-0.05, 0) is 31.2 Å². The zero-order valence-corrected chi connectivity index (χ0v) is 20.9. The molecule has 1 aromatic carbocycles. The molecular formula is C27H31F2N4O3. The van der Waals surface area contributed by atoms with Gasteiger partial charge in [-0.1, -0.05) is 20.8 Å². The summed E-state index contributed by atoms with van der Waals surface area (Å²) >= 11 is 0.